The molecule has 0 saturated carbocycles. The zero-order valence-corrected chi connectivity index (χ0v) is 26.2. The van der Waals surface area contributed by atoms with Gasteiger partial charge in [-0.15, -0.1) is 0 Å². The molecule has 45 heavy (non-hydrogen) atoms. The first-order valence-electron chi connectivity index (χ1n) is 15.6. The zero-order chi connectivity index (χ0) is 31.3. The number of ether oxygens (including phenoxy) is 2. The highest BCUT2D eigenvalue weighted by molar-refractivity contribution is 5.83. The minimum Gasteiger partial charge on any atom is -0.497 e. The van der Waals surface area contributed by atoms with Crippen LogP contribution in [-0.4, -0.2) is 36.0 Å². The van der Waals surface area contributed by atoms with Gasteiger partial charge < -0.3 is 9.47 Å². The summed E-state index contributed by atoms with van der Waals surface area (Å²) in [5, 5.41) is 0. The molecule has 0 aromatic heterocycles. The highest BCUT2D eigenvalue weighted by atomic mass is 16.5. The number of rotatable bonds is 15. The Hall–Kier alpha value is -4.71. The van der Waals surface area contributed by atoms with Crippen molar-refractivity contribution in [1.82, 2.24) is 9.80 Å². The van der Waals surface area contributed by atoms with E-state index in [0.29, 0.717) is 32.7 Å². The van der Waals surface area contributed by atoms with Crippen molar-refractivity contribution in [3.63, 3.8) is 0 Å². The number of hydrogen-bond acceptors (Lipinski definition) is 5. The van der Waals surface area contributed by atoms with Crippen LogP contribution in [0.5, 0.6) is 5.75 Å². The van der Waals surface area contributed by atoms with Crippen LogP contribution in [0.2, 0.25) is 0 Å². The minimum atomic E-state index is -1.16. The molecule has 1 atom stereocenters. The molecule has 0 radical (unpaired) electrons. The monoisotopic (exact) mass is 598 g/mol. The van der Waals surface area contributed by atoms with Gasteiger partial charge in [-0.2, -0.15) is 0 Å². The Balaban J connectivity index is 1.69. The van der Waals surface area contributed by atoms with Gasteiger partial charge in [0.15, 0.2) is 5.54 Å². The van der Waals surface area contributed by atoms with E-state index in [1.165, 1.54) is 11.1 Å². The Bertz CT molecular complexity index is 1500. The van der Waals surface area contributed by atoms with Gasteiger partial charge in [0.05, 0.1) is 13.7 Å². The van der Waals surface area contributed by atoms with E-state index in [9.17, 15) is 4.79 Å². The number of hydrogen-bond donors (Lipinski definition) is 0. The standard InChI is InChI=1S/C40H42N2O3/c1-3-45-39(43)40(37-24-26-38(44-2)27-25-37,42(30-35-20-12-6-13-21-35)31-36-22-14-7-15-23-36)32-41(28-33-16-8-4-9-17-33)29-34-18-10-5-11-19-34/h4-27H,3,28-32H2,1-2H3/t40-/m1/s1. The van der Waals surface area contributed by atoms with Crippen molar-refractivity contribution in [1.29, 1.82) is 0 Å². The number of esters is 1. The molecular formula is C40H42N2O3. The fourth-order valence-electron chi connectivity index (χ4n) is 5.91. The lowest BCUT2D eigenvalue weighted by Gasteiger charge is -2.45. The molecule has 0 aliphatic rings. The predicted octanol–water partition coefficient (Wildman–Crippen LogP) is 7.86. The predicted molar refractivity (Wildman–Crippen MR) is 180 cm³/mol. The summed E-state index contributed by atoms with van der Waals surface area (Å²) < 4.78 is 11.6. The lowest BCUT2D eigenvalue weighted by Crippen LogP contribution is -2.58. The van der Waals surface area contributed by atoms with Crippen molar-refractivity contribution in [2.75, 3.05) is 20.3 Å². The smallest absolute Gasteiger partial charge is 0.332 e. The normalized spacial score (nSPS) is 12.5. The second kappa shape index (κ2) is 15.8. The molecule has 0 fully saturated rings. The van der Waals surface area contributed by atoms with Crippen LogP contribution in [0.1, 0.15) is 34.7 Å². The quantitative estimate of drug-likeness (QED) is 0.115. The summed E-state index contributed by atoms with van der Waals surface area (Å²) in [6, 6.07) is 49.5. The van der Waals surface area contributed by atoms with Crippen LogP contribution in [0, 0.1) is 0 Å². The average Bonchev–Trinajstić information content (AvgIpc) is 3.09. The summed E-state index contributed by atoms with van der Waals surface area (Å²) in [6.07, 6.45) is 0. The number of nitrogens with zero attached hydrogens (tertiary/aromatic N) is 2. The van der Waals surface area contributed by atoms with Gasteiger partial charge in [0.2, 0.25) is 0 Å². The molecule has 0 saturated heterocycles. The van der Waals surface area contributed by atoms with E-state index in [4.69, 9.17) is 9.47 Å². The van der Waals surface area contributed by atoms with Crippen molar-refractivity contribution < 1.29 is 14.3 Å². The maximum absolute atomic E-state index is 14.8. The minimum absolute atomic E-state index is 0.270. The second-order valence-electron chi connectivity index (χ2n) is 11.3. The first kappa shape index (κ1) is 31.7. The highest BCUT2D eigenvalue weighted by Crippen LogP contribution is 2.37. The van der Waals surface area contributed by atoms with Crippen molar-refractivity contribution in [3.05, 3.63) is 173 Å². The molecule has 5 aromatic carbocycles. The molecule has 0 heterocycles. The fraction of sp³-hybridized carbons (Fsp3) is 0.225. The highest BCUT2D eigenvalue weighted by Gasteiger charge is 2.48. The molecule has 0 amide bonds. The molecular weight excluding hydrogens is 556 g/mol. The van der Waals surface area contributed by atoms with Crippen LogP contribution in [-0.2, 0) is 41.2 Å². The topological polar surface area (TPSA) is 42.0 Å². The largest absolute Gasteiger partial charge is 0.497 e. The first-order valence-corrected chi connectivity index (χ1v) is 15.6. The molecule has 0 spiro atoms. The maximum Gasteiger partial charge on any atom is 0.332 e. The molecule has 0 bridgehead atoms. The molecule has 5 nitrogen and oxygen atoms in total. The summed E-state index contributed by atoms with van der Waals surface area (Å²) in [4.78, 5) is 19.4. The summed E-state index contributed by atoms with van der Waals surface area (Å²) in [7, 11) is 1.66. The van der Waals surface area contributed by atoms with Gasteiger partial charge >= 0.3 is 5.97 Å². The third kappa shape index (κ3) is 8.27. The first-order chi connectivity index (χ1) is 22.1. The van der Waals surface area contributed by atoms with Gasteiger partial charge in [-0.25, -0.2) is 4.79 Å². The second-order valence-corrected chi connectivity index (χ2v) is 11.3. The zero-order valence-electron chi connectivity index (χ0n) is 26.2. The lowest BCUT2D eigenvalue weighted by atomic mass is 9.85. The van der Waals surface area contributed by atoms with Gasteiger partial charge in [-0.3, -0.25) is 9.80 Å². The van der Waals surface area contributed by atoms with E-state index in [0.717, 1.165) is 22.4 Å². The third-order valence-corrected chi connectivity index (χ3v) is 8.10. The third-order valence-electron chi connectivity index (χ3n) is 8.10. The van der Waals surface area contributed by atoms with Gasteiger partial charge in [0.1, 0.15) is 5.75 Å². The van der Waals surface area contributed by atoms with Crippen molar-refractivity contribution in [2.24, 2.45) is 0 Å². The van der Waals surface area contributed by atoms with E-state index >= 15 is 0 Å². The Morgan fingerprint density at radius 3 is 1.36 bits per heavy atom. The lowest BCUT2D eigenvalue weighted by molar-refractivity contribution is -0.162. The van der Waals surface area contributed by atoms with E-state index in [1.54, 1.807) is 7.11 Å². The van der Waals surface area contributed by atoms with Crippen LogP contribution >= 0.6 is 0 Å². The summed E-state index contributed by atoms with van der Waals surface area (Å²) in [5.74, 6) is 0.466. The van der Waals surface area contributed by atoms with Gasteiger partial charge in [-0.1, -0.05) is 133 Å². The molecule has 0 aliphatic carbocycles. The number of carbonyl (C=O) groups excluding carboxylic acids is 1. The molecule has 230 valence electrons. The summed E-state index contributed by atoms with van der Waals surface area (Å²) in [5.41, 5.74) is 4.30. The number of carbonyl (C=O) groups is 1. The average molecular weight is 599 g/mol. The van der Waals surface area contributed by atoms with Crippen molar-refractivity contribution >= 4 is 5.97 Å². The van der Waals surface area contributed by atoms with Crippen LogP contribution in [0.4, 0.5) is 0 Å². The maximum atomic E-state index is 14.8. The van der Waals surface area contributed by atoms with E-state index in [2.05, 4.69) is 82.6 Å². The van der Waals surface area contributed by atoms with Crippen LogP contribution in [0.15, 0.2) is 146 Å². The number of methoxy groups -OCH3 is 1. The molecule has 0 aliphatic heterocycles. The Kier molecular flexibility index (Phi) is 11.2. The Morgan fingerprint density at radius 2 is 0.978 bits per heavy atom. The fourth-order valence-corrected chi connectivity index (χ4v) is 5.91. The SMILES string of the molecule is CCOC(=O)[C@@](CN(Cc1ccccc1)Cc1ccccc1)(c1ccc(OC)cc1)N(Cc1ccccc1)Cc1ccccc1. The molecule has 0 N–H and O–H groups in total. The van der Waals surface area contributed by atoms with Gasteiger partial charge in [0, 0.05) is 32.7 Å². The molecule has 5 heteroatoms. The van der Waals surface area contributed by atoms with Crippen molar-refractivity contribution in [2.45, 2.75) is 38.6 Å². The van der Waals surface area contributed by atoms with E-state index < -0.39 is 5.54 Å². The van der Waals surface area contributed by atoms with E-state index in [1.807, 2.05) is 79.7 Å². The van der Waals surface area contributed by atoms with Crippen LogP contribution in [0.3, 0.4) is 0 Å². The molecule has 5 rings (SSSR count). The molecule has 5 aromatic rings. The summed E-state index contributed by atoms with van der Waals surface area (Å²) in [6.45, 7) is 4.98. The van der Waals surface area contributed by atoms with Gasteiger partial charge in [-0.05, 0) is 46.9 Å². The summed E-state index contributed by atoms with van der Waals surface area (Å²) >= 11 is 0. The van der Waals surface area contributed by atoms with Gasteiger partial charge in [0.25, 0.3) is 0 Å². The number of benzene rings is 5. The van der Waals surface area contributed by atoms with Crippen LogP contribution in [0.25, 0.3) is 0 Å². The Labute approximate surface area is 267 Å². The molecule has 0 unspecified atom stereocenters. The Morgan fingerprint density at radius 1 is 0.578 bits per heavy atom. The van der Waals surface area contributed by atoms with Crippen LogP contribution < -0.4 is 4.74 Å². The van der Waals surface area contributed by atoms with Crippen molar-refractivity contribution in [3.8, 4) is 5.75 Å². The van der Waals surface area contributed by atoms with E-state index in [-0.39, 0.29) is 12.6 Å².